The summed E-state index contributed by atoms with van der Waals surface area (Å²) in [4.78, 5) is 9.79. The van der Waals surface area contributed by atoms with Crippen LogP contribution in [0.5, 0.6) is 0 Å². The van der Waals surface area contributed by atoms with E-state index in [1.165, 1.54) is 6.07 Å². The largest absolute Gasteiger partial charge is 0.399 e. The van der Waals surface area contributed by atoms with Crippen LogP contribution >= 0.6 is 0 Å². The lowest BCUT2D eigenvalue weighted by Crippen LogP contribution is -2.47. The van der Waals surface area contributed by atoms with Crippen molar-refractivity contribution in [3.8, 4) is 0 Å². The fourth-order valence-corrected chi connectivity index (χ4v) is 3.46. The number of sulfonamides is 1. The van der Waals surface area contributed by atoms with Crippen molar-refractivity contribution in [2.45, 2.75) is 29.9 Å². The average Bonchev–Trinajstić information content (AvgIpc) is 2.32. The molecule has 9 heteroatoms. The molecule has 2 rings (SSSR count). The molecule has 110 valence electrons. The van der Waals surface area contributed by atoms with E-state index in [0.717, 1.165) is 12.1 Å². The van der Waals surface area contributed by atoms with Crippen molar-refractivity contribution in [2.75, 3.05) is 12.8 Å². The molecule has 0 radical (unpaired) electrons. The molecule has 20 heavy (non-hydrogen) atoms. The molecule has 0 aromatic heterocycles. The molecule has 0 atom stereocenters. The Morgan fingerprint density at radius 2 is 2.10 bits per heavy atom. The number of hydrogen-bond acceptors (Lipinski definition) is 6. The lowest BCUT2D eigenvalue weighted by atomic mass is 9.90. The number of rotatable bonds is 5. The van der Waals surface area contributed by atoms with E-state index in [1.54, 1.807) is 7.11 Å². The van der Waals surface area contributed by atoms with Gasteiger partial charge >= 0.3 is 0 Å². The second-order valence-electron chi connectivity index (χ2n) is 4.63. The molecule has 0 saturated heterocycles. The van der Waals surface area contributed by atoms with E-state index in [-0.39, 0.29) is 22.7 Å². The number of benzene rings is 1. The second-order valence-corrected chi connectivity index (χ2v) is 6.31. The first-order chi connectivity index (χ1) is 9.33. The van der Waals surface area contributed by atoms with Crippen LogP contribution in [0, 0.1) is 10.1 Å². The molecule has 0 unspecified atom stereocenters. The number of nitrogens with zero attached hydrogens (tertiary/aromatic N) is 1. The molecular weight excluding hydrogens is 286 g/mol. The summed E-state index contributed by atoms with van der Waals surface area (Å²) in [6.45, 7) is 0. The van der Waals surface area contributed by atoms with Gasteiger partial charge in [-0.25, -0.2) is 13.1 Å². The molecule has 0 aliphatic heterocycles. The fourth-order valence-electron chi connectivity index (χ4n) is 2.04. The van der Waals surface area contributed by atoms with Crippen LogP contribution in [-0.2, 0) is 14.8 Å². The van der Waals surface area contributed by atoms with Gasteiger partial charge in [0.1, 0.15) is 0 Å². The minimum absolute atomic E-state index is 0.0316. The van der Waals surface area contributed by atoms with Gasteiger partial charge in [0.2, 0.25) is 10.0 Å². The Kier molecular flexibility index (Phi) is 3.93. The third kappa shape index (κ3) is 2.89. The number of methoxy groups -OCH3 is 1. The van der Waals surface area contributed by atoms with Crippen LogP contribution in [0.3, 0.4) is 0 Å². The summed E-state index contributed by atoms with van der Waals surface area (Å²) < 4.78 is 31.8. The van der Waals surface area contributed by atoms with Crippen molar-refractivity contribution in [3.63, 3.8) is 0 Å². The highest BCUT2D eigenvalue weighted by atomic mass is 32.2. The first-order valence-electron chi connectivity index (χ1n) is 5.92. The number of nitrogen functional groups attached to an aromatic ring is 1. The van der Waals surface area contributed by atoms with Gasteiger partial charge in [-0.2, -0.15) is 0 Å². The van der Waals surface area contributed by atoms with Crippen molar-refractivity contribution < 1.29 is 18.1 Å². The van der Waals surface area contributed by atoms with Crippen LogP contribution in [0.4, 0.5) is 11.4 Å². The molecule has 3 N–H and O–H groups in total. The quantitative estimate of drug-likeness (QED) is 0.467. The van der Waals surface area contributed by atoms with E-state index >= 15 is 0 Å². The number of nitrogens with one attached hydrogen (secondary N) is 1. The number of hydrogen-bond donors (Lipinski definition) is 2. The van der Waals surface area contributed by atoms with Gasteiger partial charge in [0.25, 0.3) is 5.69 Å². The maximum Gasteiger partial charge on any atom is 0.291 e. The van der Waals surface area contributed by atoms with Crippen LogP contribution in [0.1, 0.15) is 12.8 Å². The zero-order chi connectivity index (χ0) is 14.9. The number of ether oxygens (including phenoxy) is 1. The smallest absolute Gasteiger partial charge is 0.291 e. The van der Waals surface area contributed by atoms with E-state index in [1.807, 2.05) is 0 Å². The van der Waals surface area contributed by atoms with Gasteiger partial charge in [-0.1, -0.05) is 0 Å². The number of anilines is 1. The normalized spacial score (nSPS) is 22.2. The minimum Gasteiger partial charge on any atom is -0.399 e. The number of nitro groups is 1. The Hall–Kier alpha value is -1.71. The zero-order valence-electron chi connectivity index (χ0n) is 10.8. The number of nitrogens with two attached hydrogens (primary N) is 1. The third-order valence-electron chi connectivity index (χ3n) is 3.22. The minimum atomic E-state index is -3.95. The van der Waals surface area contributed by atoms with Crippen molar-refractivity contribution in [1.82, 2.24) is 4.72 Å². The van der Waals surface area contributed by atoms with Gasteiger partial charge in [0.05, 0.1) is 11.0 Å². The third-order valence-corrected chi connectivity index (χ3v) is 4.79. The van der Waals surface area contributed by atoms with Gasteiger partial charge in [-0.3, -0.25) is 10.1 Å². The molecule has 1 aliphatic carbocycles. The molecule has 0 bridgehead atoms. The van der Waals surface area contributed by atoms with Crippen LogP contribution in [-0.4, -0.2) is 32.6 Å². The summed E-state index contributed by atoms with van der Waals surface area (Å²) in [5, 5.41) is 10.9. The summed E-state index contributed by atoms with van der Waals surface area (Å²) >= 11 is 0. The van der Waals surface area contributed by atoms with E-state index in [2.05, 4.69) is 4.72 Å². The molecule has 8 nitrogen and oxygen atoms in total. The average molecular weight is 301 g/mol. The molecule has 1 saturated carbocycles. The van der Waals surface area contributed by atoms with Gasteiger partial charge in [-0.15, -0.1) is 0 Å². The lowest BCUT2D eigenvalue weighted by Gasteiger charge is -2.34. The predicted molar refractivity (Wildman–Crippen MR) is 71.6 cm³/mol. The topological polar surface area (TPSA) is 125 Å². The van der Waals surface area contributed by atoms with Crippen molar-refractivity contribution >= 4 is 21.4 Å². The zero-order valence-corrected chi connectivity index (χ0v) is 11.6. The lowest BCUT2D eigenvalue weighted by molar-refractivity contribution is -0.387. The molecule has 1 fully saturated rings. The van der Waals surface area contributed by atoms with E-state index in [0.29, 0.717) is 12.8 Å². The maximum atomic E-state index is 12.2. The molecule has 1 aromatic rings. The Bertz CT molecular complexity index is 625. The van der Waals surface area contributed by atoms with Crippen molar-refractivity contribution in [1.29, 1.82) is 0 Å². The van der Waals surface area contributed by atoms with Gasteiger partial charge in [-0.05, 0) is 25.0 Å². The molecule has 1 aromatic carbocycles. The first-order valence-corrected chi connectivity index (χ1v) is 7.41. The molecule has 0 amide bonds. The molecule has 0 heterocycles. The van der Waals surface area contributed by atoms with Crippen LogP contribution in [0.25, 0.3) is 0 Å². The Morgan fingerprint density at radius 3 is 2.65 bits per heavy atom. The summed E-state index contributed by atoms with van der Waals surface area (Å²) in [6, 6.07) is 3.23. The highest BCUT2D eigenvalue weighted by molar-refractivity contribution is 7.89. The second kappa shape index (κ2) is 5.35. The standard InChI is InChI=1S/C11H15N3O5S/c1-19-9-5-8(6-9)13-20(17,18)11-3-2-7(12)4-10(11)14(15)16/h2-4,8-9,13H,5-6,12H2,1H3. The monoisotopic (exact) mass is 301 g/mol. The van der Waals surface area contributed by atoms with Crippen molar-refractivity contribution in [2.24, 2.45) is 0 Å². The van der Waals surface area contributed by atoms with Gasteiger partial charge < -0.3 is 10.5 Å². The summed E-state index contributed by atoms with van der Waals surface area (Å²) in [5.41, 5.74) is 5.06. The Balaban J connectivity index is 2.24. The summed E-state index contributed by atoms with van der Waals surface area (Å²) in [5.74, 6) is 0. The predicted octanol–water partition coefficient (Wildman–Crippen LogP) is 0.633. The molecule has 0 spiro atoms. The molecule has 1 aliphatic rings. The number of nitro benzene ring substituents is 1. The van der Waals surface area contributed by atoms with Crippen molar-refractivity contribution in [3.05, 3.63) is 28.3 Å². The van der Waals surface area contributed by atoms with Crippen LogP contribution < -0.4 is 10.5 Å². The Labute approximate surface area is 116 Å². The van der Waals surface area contributed by atoms with E-state index in [9.17, 15) is 18.5 Å². The SMILES string of the molecule is COC1CC(NS(=O)(=O)c2ccc(N)cc2[N+](=O)[O-])C1. The highest BCUT2D eigenvalue weighted by Gasteiger charge is 2.35. The molecular formula is C11H15N3O5S. The fraction of sp³-hybridized carbons (Fsp3) is 0.455. The maximum absolute atomic E-state index is 12.2. The first kappa shape index (κ1) is 14.7. The summed E-state index contributed by atoms with van der Waals surface area (Å²) in [6.07, 6.45) is 1.14. The highest BCUT2D eigenvalue weighted by Crippen LogP contribution is 2.29. The van der Waals surface area contributed by atoms with Gasteiger partial charge in [0.15, 0.2) is 4.90 Å². The van der Waals surface area contributed by atoms with E-state index < -0.39 is 20.6 Å². The Morgan fingerprint density at radius 1 is 1.45 bits per heavy atom. The van der Waals surface area contributed by atoms with Gasteiger partial charge in [0, 0.05) is 24.9 Å². The summed E-state index contributed by atoms with van der Waals surface area (Å²) in [7, 11) is -2.39. The van der Waals surface area contributed by atoms with Crippen LogP contribution in [0.2, 0.25) is 0 Å². The van der Waals surface area contributed by atoms with Crippen LogP contribution in [0.15, 0.2) is 23.1 Å². The van der Waals surface area contributed by atoms with E-state index in [4.69, 9.17) is 10.5 Å².